The van der Waals surface area contributed by atoms with Crippen LogP contribution in [0.1, 0.15) is 70.8 Å². The maximum atomic E-state index is 14.6. The van der Waals surface area contributed by atoms with Gasteiger partial charge in [-0.15, -0.1) is 0 Å². The van der Waals surface area contributed by atoms with Crippen LogP contribution in [0.5, 0.6) is 0 Å². The second-order valence-electron chi connectivity index (χ2n) is 10.4. The van der Waals surface area contributed by atoms with Gasteiger partial charge in [-0.1, -0.05) is 73.4 Å². The van der Waals surface area contributed by atoms with Crippen molar-refractivity contribution in [3.05, 3.63) is 111 Å². The first-order valence-corrected chi connectivity index (χ1v) is 13.4. The maximum absolute atomic E-state index is 14.6. The van der Waals surface area contributed by atoms with E-state index >= 15 is 0 Å². The smallest absolute Gasteiger partial charge is 0.269 e. The van der Waals surface area contributed by atoms with Crippen molar-refractivity contribution in [1.29, 1.82) is 0 Å². The first-order chi connectivity index (χ1) is 18.4. The van der Waals surface area contributed by atoms with Crippen molar-refractivity contribution < 1.29 is 14.5 Å². The van der Waals surface area contributed by atoms with E-state index in [4.69, 9.17) is 0 Å². The molecule has 0 spiro atoms. The molecule has 0 bridgehead atoms. The molecule has 5 rings (SSSR count). The summed E-state index contributed by atoms with van der Waals surface area (Å²) in [4.78, 5) is 43.1. The highest BCUT2D eigenvalue weighted by molar-refractivity contribution is 6.06. The van der Waals surface area contributed by atoms with Gasteiger partial charge in [-0.05, 0) is 55.0 Å². The summed E-state index contributed by atoms with van der Waals surface area (Å²) in [6.07, 6.45) is 5.49. The van der Waals surface area contributed by atoms with Gasteiger partial charge in [0.05, 0.1) is 4.92 Å². The van der Waals surface area contributed by atoms with Crippen LogP contribution in [0, 0.1) is 17.0 Å². The van der Waals surface area contributed by atoms with Crippen molar-refractivity contribution in [3.8, 4) is 0 Å². The van der Waals surface area contributed by atoms with Crippen LogP contribution in [0.4, 0.5) is 5.69 Å². The number of non-ortho nitro benzene ring substituents is 1. The average Bonchev–Trinajstić information content (AvgIpc) is 2.94. The minimum atomic E-state index is -0.643. The molecule has 7 nitrogen and oxygen atoms in total. The van der Waals surface area contributed by atoms with Crippen LogP contribution in [0.2, 0.25) is 0 Å². The predicted octanol–water partition coefficient (Wildman–Crippen LogP) is 6.00. The summed E-state index contributed by atoms with van der Waals surface area (Å²) in [6, 6.07) is 21.1. The number of hydrogen-bond acceptors (Lipinski definition) is 5. The highest BCUT2D eigenvalue weighted by Crippen LogP contribution is 2.35. The largest absolute Gasteiger partial charge is 0.284 e. The third-order valence-electron chi connectivity index (χ3n) is 7.82. The number of carbonyl (C=O) groups is 2. The van der Waals surface area contributed by atoms with Gasteiger partial charge in [0, 0.05) is 36.8 Å². The number of imide groups is 1. The molecule has 3 aromatic carbocycles. The number of rotatable bonds is 6. The fraction of sp³-hybridized carbons (Fsp3) is 0.355. The zero-order chi connectivity index (χ0) is 26.6. The number of hydrogen-bond donors (Lipinski definition) is 0. The van der Waals surface area contributed by atoms with Crippen molar-refractivity contribution >= 4 is 17.5 Å². The lowest BCUT2D eigenvalue weighted by atomic mass is 9.89. The van der Waals surface area contributed by atoms with Crippen LogP contribution < -0.4 is 0 Å². The van der Waals surface area contributed by atoms with E-state index in [1.54, 1.807) is 24.3 Å². The molecule has 2 amide bonds. The number of aryl methyl sites for hydroxylation is 1. The molecule has 0 aromatic heterocycles. The molecule has 1 unspecified atom stereocenters. The number of amides is 2. The van der Waals surface area contributed by atoms with Crippen molar-refractivity contribution in [2.24, 2.45) is 0 Å². The Balaban J connectivity index is 1.54. The van der Waals surface area contributed by atoms with Gasteiger partial charge in [0.1, 0.15) is 6.04 Å². The Morgan fingerprint density at radius 1 is 0.974 bits per heavy atom. The minimum absolute atomic E-state index is 0.0289. The van der Waals surface area contributed by atoms with Gasteiger partial charge >= 0.3 is 0 Å². The zero-order valence-electron chi connectivity index (χ0n) is 21.7. The van der Waals surface area contributed by atoms with E-state index in [9.17, 15) is 19.7 Å². The summed E-state index contributed by atoms with van der Waals surface area (Å²) in [7, 11) is 0. The zero-order valence-corrected chi connectivity index (χ0v) is 21.7. The number of benzene rings is 3. The van der Waals surface area contributed by atoms with E-state index in [0.29, 0.717) is 18.7 Å². The summed E-state index contributed by atoms with van der Waals surface area (Å²) >= 11 is 0. The molecule has 38 heavy (non-hydrogen) atoms. The Morgan fingerprint density at radius 3 is 2.45 bits per heavy atom. The average molecular weight is 512 g/mol. The fourth-order valence-corrected chi connectivity index (χ4v) is 5.83. The highest BCUT2D eigenvalue weighted by atomic mass is 16.6. The molecule has 0 radical (unpaired) electrons. The Bertz CT molecular complexity index is 1330. The number of fused-ring (bicyclic) bond motifs is 1. The molecular formula is C31H33N3O4. The maximum Gasteiger partial charge on any atom is 0.269 e. The molecule has 7 heteroatoms. The lowest BCUT2D eigenvalue weighted by Crippen LogP contribution is -2.52. The van der Waals surface area contributed by atoms with Crippen molar-refractivity contribution in [2.75, 3.05) is 6.54 Å². The van der Waals surface area contributed by atoms with Crippen LogP contribution in [0.25, 0.3) is 0 Å². The summed E-state index contributed by atoms with van der Waals surface area (Å²) in [5, 5.41) is 11.4. The minimum Gasteiger partial charge on any atom is -0.284 e. The molecule has 3 aromatic rings. The molecule has 1 atom stereocenters. The number of carbonyl (C=O) groups excluding carboxylic acids is 2. The van der Waals surface area contributed by atoms with E-state index in [0.717, 1.165) is 60.8 Å². The summed E-state index contributed by atoms with van der Waals surface area (Å²) in [6.45, 7) is 2.97. The lowest BCUT2D eigenvalue weighted by molar-refractivity contribution is -0.384. The molecule has 1 aliphatic carbocycles. The lowest BCUT2D eigenvalue weighted by Gasteiger charge is -2.41. The Morgan fingerprint density at radius 2 is 1.71 bits per heavy atom. The summed E-state index contributed by atoms with van der Waals surface area (Å²) < 4.78 is 0. The van der Waals surface area contributed by atoms with Crippen LogP contribution in [-0.2, 0) is 17.8 Å². The summed E-state index contributed by atoms with van der Waals surface area (Å²) in [5.74, 6) is -0.458. The van der Waals surface area contributed by atoms with E-state index in [2.05, 4.69) is 4.90 Å². The van der Waals surface area contributed by atoms with Crippen LogP contribution in [0.15, 0.2) is 72.8 Å². The topological polar surface area (TPSA) is 83.8 Å². The molecule has 0 saturated heterocycles. The van der Waals surface area contributed by atoms with Crippen LogP contribution >= 0.6 is 0 Å². The third kappa shape index (κ3) is 5.38. The molecule has 0 N–H and O–H groups in total. The normalized spacial score (nSPS) is 18.0. The number of nitro groups is 1. The van der Waals surface area contributed by atoms with Gasteiger partial charge in [-0.2, -0.15) is 0 Å². The Labute approximate surface area is 223 Å². The van der Waals surface area contributed by atoms with Crippen LogP contribution in [-0.4, -0.2) is 39.1 Å². The van der Waals surface area contributed by atoms with Gasteiger partial charge in [-0.3, -0.25) is 29.5 Å². The van der Waals surface area contributed by atoms with Gasteiger partial charge in [0.15, 0.2) is 0 Å². The number of nitro benzene ring substituents is 1. The molecule has 196 valence electrons. The Hall–Kier alpha value is -3.84. The molecule has 2 aliphatic rings. The van der Waals surface area contributed by atoms with Crippen molar-refractivity contribution in [1.82, 2.24) is 9.80 Å². The first kappa shape index (κ1) is 25.8. The number of nitrogens with zero attached hydrogens (tertiary/aromatic N) is 3. The monoisotopic (exact) mass is 511 g/mol. The van der Waals surface area contributed by atoms with E-state index in [1.165, 1.54) is 11.0 Å². The molecular weight excluding hydrogens is 478 g/mol. The van der Waals surface area contributed by atoms with Gasteiger partial charge in [-0.25, -0.2) is 0 Å². The van der Waals surface area contributed by atoms with Crippen molar-refractivity contribution in [3.63, 3.8) is 0 Å². The van der Waals surface area contributed by atoms with Gasteiger partial charge in [0.25, 0.3) is 17.5 Å². The second-order valence-corrected chi connectivity index (χ2v) is 10.4. The van der Waals surface area contributed by atoms with Crippen LogP contribution in [0.3, 0.4) is 0 Å². The van der Waals surface area contributed by atoms with Gasteiger partial charge < -0.3 is 0 Å². The highest BCUT2D eigenvalue weighted by Gasteiger charge is 2.41. The SMILES string of the molecule is Cc1ccc(C(=O)N(C(=O)C2c3ccccc3CCN2Cc2cccc([N+](=O)[O-])c2)C2CCCCC2)cc1. The quantitative estimate of drug-likeness (QED) is 0.230. The molecule has 1 saturated carbocycles. The third-order valence-corrected chi connectivity index (χ3v) is 7.82. The van der Waals surface area contributed by atoms with E-state index in [1.807, 2.05) is 49.4 Å². The predicted molar refractivity (Wildman–Crippen MR) is 146 cm³/mol. The second kappa shape index (κ2) is 11.3. The van der Waals surface area contributed by atoms with Gasteiger partial charge in [0.2, 0.25) is 0 Å². The fourth-order valence-electron chi connectivity index (χ4n) is 5.83. The molecule has 1 aliphatic heterocycles. The first-order valence-electron chi connectivity index (χ1n) is 13.4. The van der Waals surface area contributed by atoms with E-state index < -0.39 is 11.0 Å². The van der Waals surface area contributed by atoms with E-state index in [-0.39, 0.29) is 23.5 Å². The molecule has 1 heterocycles. The Kier molecular flexibility index (Phi) is 7.65. The molecule has 1 fully saturated rings. The summed E-state index contributed by atoms with van der Waals surface area (Å²) in [5.41, 5.74) is 4.39. The van der Waals surface area contributed by atoms with Crippen molar-refractivity contribution in [2.45, 2.75) is 64.1 Å². The standard InChI is InChI=1S/C31H33N3O4/c1-22-14-16-25(17-15-22)30(35)33(26-10-3-2-4-11-26)31(36)29-28-13-6-5-9-24(28)18-19-32(29)21-23-8-7-12-27(20-23)34(37)38/h5-9,12-17,20,26,29H,2-4,10-11,18-19,21H2,1H3.